The molecule has 0 spiro atoms. The lowest BCUT2D eigenvalue weighted by Gasteiger charge is -2.06. The number of nitrogens with one attached hydrogen (secondary N) is 1. The molecule has 0 saturated heterocycles. The van der Waals surface area contributed by atoms with Crippen LogP contribution in [0, 0.1) is 0 Å². The lowest BCUT2D eigenvalue weighted by Crippen LogP contribution is -2.07. The Balaban J connectivity index is 1.80. The van der Waals surface area contributed by atoms with Gasteiger partial charge in [0.25, 0.3) is 0 Å². The maximum Gasteiger partial charge on any atom is 0.134 e. The van der Waals surface area contributed by atoms with Crippen LogP contribution in [0.25, 0.3) is 10.1 Å². The molecule has 0 amide bonds. The van der Waals surface area contributed by atoms with Crippen molar-refractivity contribution in [3.63, 3.8) is 0 Å². The Bertz CT molecular complexity index is 455. The Kier molecular flexibility index (Phi) is 4.76. The number of ether oxygens (including phenoxy) is 1. The minimum absolute atomic E-state index is 0.820. The quantitative estimate of drug-likeness (QED) is 0.763. The summed E-state index contributed by atoms with van der Waals surface area (Å²) >= 11 is 1.75. The molecule has 0 aliphatic rings. The molecule has 0 unspecified atom stereocenters. The minimum Gasteiger partial charge on any atom is -0.381 e. The lowest BCUT2D eigenvalue weighted by atomic mass is 10.3. The predicted molar refractivity (Wildman–Crippen MR) is 73.8 cm³/mol. The molecule has 0 bridgehead atoms. The number of hydrogen-bond donors (Lipinski definition) is 1. The molecule has 3 nitrogen and oxygen atoms in total. The molecule has 1 N–H and O–H groups in total. The molecule has 92 valence electrons. The second-order valence-electron chi connectivity index (χ2n) is 3.88. The van der Waals surface area contributed by atoms with Gasteiger partial charge in [-0.05, 0) is 30.4 Å². The van der Waals surface area contributed by atoms with E-state index in [0.29, 0.717) is 0 Å². The van der Waals surface area contributed by atoms with Crippen molar-refractivity contribution >= 4 is 27.2 Å². The van der Waals surface area contributed by atoms with E-state index < -0.39 is 0 Å². The number of nitrogens with zero attached hydrogens (tertiary/aromatic N) is 1. The van der Waals surface area contributed by atoms with Gasteiger partial charge in [0.05, 0.1) is 0 Å². The third-order valence-corrected chi connectivity index (χ3v) is 3.37. The topological polar surface area (TPSA) is 34.1 Å². The van der Waals surface area contributed by atoms with Crippen molar-refractivity contribution in [2.75, 3.05) is 25.1 Å². The van der Waals surface area contributed by atoms with Crippen LogP contribution in [0.4, 0.5) is 5.82 Å². The van der Waals surface area contributed by atoms with E-state index >= 15 is 0 Å². The van der Waals surface area contributed by atoms with Crippen LogP contribution in [0.5, 0.6) is 0 Å². The molecule has 0 aliphatic heterocycles. The van der Waals surface area contributed by atoms with Gasteiger partial charge in [-0.25, -0.2) is 4.98 Å². The van der Waals surface area contributed by atoms with Crippen molar-refractivity contribution in [2.45, 2.75) is 19.8 Å². The van der Waals surface area contributed by atoms with Gasteiger partial charge in [-0.3, -0.25) is 0 Å². The number of rotatable bonds is 7. The zero-order valence-corrected chi connectivity index (χ0v) is 10.9. The number of hydrogen-bond acceptors (Lipinski definition) is 4. The van der Waals surface area contributed by atoms with Crippen LogP contribution < -0.4 is 5.32 Å². The Labute approximate surface area is 106 Å². The van der Waals surface area contributed by atoms with E-state index in [9.17, 15) is 0 Å². The summed E-state index contributed by atoms with van der Waals surface area (Å²) in [5.41, 5.74) is 0. The Morgan fingerprint density at radius 2 is 2.29 bits per heavy atom. The summed E-state index contributed by atoms with van der Waals surface area (Å²) in [7, 11) is 0. The number of fused-ring (bicyclic) bond motifs is 1. The summed E-state index contributed by atoms with van der Waals surface area (Å²) in [6.45, 7) is 4.71. The Morgan fingerprint density at radius 1 is 1.35 bits per heavy atom. The second kappa shape index (κ2) is 6.57. The molecule has 0 saturated carbocycles. The molecule has 2 aromatic heterocycles. The molecule has 2 rings (SSSR count). The molecule has 4 heteroatoms. The van der Waals surface area contributed by atoms with Crippen molar-refractivity contribution < 1.29 is 4.74 Å². The van der Waals surface area contributed by atoms with Crippen molar-refractivity contribution in [2.24, 2.45) is 0 Å². The van der Waals surface area contributed by atoms with Gasteiger partial charge in [-0.15, -0.1) is 11.3 Å². The fourth-order valence-electron chi connectivity index (χ4n) is 1.66. The lowest BCUT2D eigenvalue weighted by molar-refractivity contribution is 0.134. The van der Waals surface area contributed by atoms with Gasteiger partial charge in [-0.1, -0.05) is 6.92 Å². The first kappa shape index (κ1) is 12.3. The van der Waals surface area contributed by atoms with Crippen LogP contribution in [0.15, 0.2) is 23.7 Å². The van der Waals surface area contributed by atoms with Gasteiger partial charge < -0.3 is 10.1 Å². The summed E-state index contributed by atoms with van der Waals surface area (Å²) in [6.07, 6.45) is 3.96. The van der Waals surface area contributed by atoms with Gasteiger partial charge in [0, 0.05) is 36.0 Å². The van der Waals surface area contributed by atoms with Gasteiger partial charge in [0.15, 0.2) is 0 Å². The van der Waals surface area contributed by atoms with Crippen molar-refractivity contribution in [3.8, 4) is 0 Å². The van der Waals surface area contributed by atoms with E-state index in [1.165, 1.54) is 10.1 Å². The minimum atomic E-state index is 0.820. The maximum absolute atomic E-state index is 5.43. The molecule has 2 heterocycles. The van der Waals surface area contributed by atoms with Gasteiger partial charge >= 0.3 is 0 Å². The van der Waals surface area contributed by atoms with Crippen molar-refractivity contribution in [3.05, 3.63) is 23.7 Å². The zero-order chi connectivity index (χ0) is 11.9. The smallest absolute Gasteiger partial charge is 0.134 e. The number of anilines is 1. The zero-order valence-electron chi connectivity index (χ0n) is 10.1. The molecule has 0 aromatic carbocycles. The van der Waals surface area contributed by atoms with E-state index in [1.807, 2.05) is 6.20 Å². The monoisotopic (exact) mass is 250 g/mol. The largest absolute Gasteiger partial charge is 0.381 e. The summed E-state index contributed by atoms with van der Waals surface area (Å²) in [4.78, 5) is 4.37. The molecule has 2 aromatic rings. The first-order valence-electron chi connectivity index (χ1n) is 6.05. The van der Waals surface area contributed by atoms with Crippen LogP contribution in [-0.4, -0.2) is 24.7 Å². The number of thiophene rings is 1. The van der Waals surface area contributed by atoms with Crippen molar-refractivity contribution in [1.29, 1.82) is 0 Å². The first-order chi connectivity index (χ1) is 8.42. The fraction of sp³-hybridized carbons (Fsp3) is 0.462. The van der Waals surface area contributed by atoms with Crippen LogP contribution in [0.1, 0.15) is 19.8 Å². The highest BCUT2D eigenvalue weighted by Gasteiger charge is 2.01. The molecule has 0 fully saturated rings. The van der Waals surface area contributed by atoms with Gasteiger partial charge in [0.1, 0.15) is 5.82 Å². The molecule has 0 radical (unpaired) electrons. The average molecular weight is 250 g/mol. The highest BCUT2D eigenvalue weighted by molar-refractivity contribution is 7.17. The van der Waals surface area contributed by atoms with Crippen LogP contribution in [0.2, 0.25) is 0 Å². The maximum atomic E-state index is 5.43. The highest BCUT2D eigenvalue weighted by Crippen LogP contribution is 2.25. The standard InChI is InChI=1S/C13H18N2OS/c1-2-8-16-9-3-6-14-13-11-5-10-17-12(11)4-7-15-13/h4-5,7,10H,2-3,6,8-9H2,1H3,(H,14,15). The number of pyridine rings is 1. The van der Waals surface area contributed by atoms with E-state index in [-0.39, 0.29) is 0 Å². The van der Waals surface area contributed by atoms with Gasteiger partial charge in [-0.2, -0.15) is 0 Å². The SMILES string of the molecule is CCCOCCCNc1nccc2sccc12. The van der Waals surface area contributed by atoms with Gasteiger partial charge in [0.2, 0.25) is 0 Å². The Morgan fingerprint density at radius 3 is 3.18 bits per heavy atom. The second-order valence-corrected chi connectivity index (χ2v) is 4.83. The van der Waals surface area contributed by atoms with E-state index in [2.05, 4.69) is 34.7 Å². The summed E-state index contributed by atoms with van der Waals surface area (Å²) in [5.74, 6) is 0.985. The highest BCUT2D eigenvalue weighted by atomic mass is 32.1. The van der Waals surface area contributed by atoms with E-state index in [0.717, 1.165) is 38.4 Å². The normalized spacial score (nSPS) is 10.9. The molecular weight excluding hydrogens is 232 g/mol. The van der Waals surface area contributed by atoms with Crippen LogP contribution in [0.3, 0.4) is 0 Å². The van der Waals surface area contributed by atoms with E-state index in [1.54, 1.807) is 11.3 Å². The predicted octanol–water partition coefficient (Wildman–Crippen LogP) is 3.52. The molecule has 0 atom stereocenters. The van der Waals surface area contributed by atoms with Crippen LogP contribution in [-0.2, 0) is 4.74 Å². The summed E-state index contributed by atoms with van der Waals surface area (Å²) < 4.78 is 6.72. The first-order valence-corrected chi connectivity index (χ1v) is 6.93. The average Bonchev–Trinajstić information content (AvgIpc) is 2.82. The third kappa shape index (κ3) is 3.41. The fourth-order valence-corrected chi connectivity index (χ4v) is 2.44. The number of aromatic nitrogens is 1. The molecular formula is C13H18N2OS. The van der Waals surface area contributed by atoms with Crippen LogP contribution >= 0.6 is 11.3 Å². The molecule has 0 aliphatic carbocycles. The summed E-state index contributed by atoms with van der Waals surface area (Å²) in [5, 5.41) is 6.68. The Hall–Kier alpha value is -1.13. The van der Waals surface area contributed by atoms with Crippen molar-refractivity contribution in [1.82, 2.24) is 4.98 Å². The molecule has 17 heavy (non-hydrogen) atoms. The third-order valence-electron chi connectivity index (χ3n) is 2.49. The van der Waals surface area contributed by atoms with E-state index in [4.69, 9.17) is 4.74 Å². The summed E-state index contributed by atoms with van der Waals surface area (Å²) in [6, 6.07) is 4.17.